The summed E-state index contributed by atoms with van der Waals surface area (Å²) in [4.78, 5) is 5.45. The highest BCUT2D eigenvalue weighted by atomic mass is 32.1. The lowest BCUT2D eigenvalue weighted by Gasteiger charge is -2.08. The lowest BCUT2D eigenvalue weighted by Crippen LogP contribution is -2.20. The van der Waals surface area contributed by atoms with Crippen molar-refractivity contribution in [1.82, 2.24) is 10.3 Å². The van der Waals surface area contributed by atoms with Crippen molar-refractivity contribution in [2.24, 2.45) is 5.41 Å². The Kier molecular flexibility index (Phi) is 2.10. The van der Waals surface area contributed by atoms with Gasteiger partial charge in [0.2, 0.25) is 0 Å². The largest absolute Gasteiger partial charge is 0.308 e. The average Bonchev–Trinajstić information content (AvgIpc) is 2.63. The van der Waals surface area contributed by atoms with Crippen molar-refractivity contribution in [3.63, 3.8) is 0 Å². The van der Waals surface area contributed by atoms with Crippen molar-refractivity contribution in [2.75, 3.05) is 0 Å². The van der Waals surface area contributed by atoms with Crippen molar-refractivity contribution in [3.8, 4) is 0 Å². The maximum Gasteiger partial charge on any atom is 0.0794 e. The Hall–Kier alpha value is -0.410. The molecule has 0 aliphatic heterocycles. The molecule has 3 heteroatoms. The minimum absolute atomic E-state index is 0.727. The zero-order valence-electron chi connectivity index (χ0n) is 8.33. The van der Waals surface area contributed by atoms with E-state index in [1.165, 1.54) is 37.0 Å². The molecule has 1 atom stereocenters. The molecule has 2 aliphatic rings. The molecule has 1 N–H and O–H groups in total. The Morgan fingerprint density at radius 2 is 2.36 bits per heavy atom. The SMILES string of the molecule is c1ncc(CNC2CC23CCCC3)s1. The van der Waals surface area contributed by atoms with E-state index in [4.69, 9.17) is 0 Å². The van der Waals surface area contributed by atoms with Crippen LogP contribution in [0, 0.1) is 5.41 Å². The smallest absolute Gasteiger partial charge is 0.0794 e. The molecule has 1 heterocycles. The second-order valence-electron chi connectivity index (χ2n) is 4.67. The summed E-state index contributed by atoms with van der Waals surface area (Å²) < 4.78 is 0. The minimum Gasteiger partial charge on any atom is -0.308 e. The molecule has 1 aromatic rings. The van der Waals surface area contributed by atoms with Crippen LogP contribution in [0.1, 0.15) is 37.0 Å². The molecule has 1 unspecified atom stereocenters. The Morgan fingerprint density at radius 3 is 3.07 bits per heavy atom. The molecular weight excluding hydrogens is 192 g/mol. The van der Waals surface area contributed by atoms with Crippen molar-refractivity contribution < 1.29 is 0 Å². The standard InChI is InChI=1S/C11H16N2S/c1-2-4-11(3-1)5-10(11)13-7-9-6-12-8-14-9/h6,8,10,13H,1-5,7H2. The van der Waals surface area contributed by atoms with Crippen molar-refractivity contribution in [2.45, 2.75) is 44.7 Å². The predicted octanol–water partition coefficient (Wildman–Crippen LogP) is 2.57. The summed E-state index contributed by atoms with van der Waals surface area (Å²) in [5.74, 6) is 0. The molecule has 1 aromatic heterocycles. The van der Waals surface area contributed by atoms with E-state index < -0.39 is 0 Å². The van der Waals surface area contributed by atoms with Crippen LogP contribution >= 0.6 is 11.3 Å². The summed E-state index contributed by atoms with van der Waals surface area (Å²) in [5.41, 5.74) is 2.64. The first-order chi connectivity index (χ1) is 6.89. The molecule has 2 saturated carbocycles. The molecule has 76 valence electrons. The molecular formula is C11H16N2S. The zero-order chi connectivity index (χ0) is 9.43. The highest BCUT2D eigenvalue weighted by molar-refractivity contribution is 7.09. The van der Waals surface area contributed by atoms with Gasteiger partial charge < -0.3 is 5.32 Å². The van der Waals surface area contributed by atoms with E-state index in [1.807, 2.05) is 11.7 Å². The van der Waals surface area contributed by atoms with Gasteiger partial charge in [0, 0.05) is 23.7 Å². The van der Waals surface area contributed by atoms with Crippen LogP contribution in [-0.4, -0.2) is 11.0 Å². The van der Waals surface area contributed by atoms with Gasteiger partial charge in [-0.1, -0.05) is 12.8 Å². The van der Waals surface area contributed by atoms with Gasteiger partial charge in [-0.15, -0.1) is 11.3 Å². The van der Waals surface area contributed by atoms with Gasteiger partial charge in [-0.05, 0) is 24.7 Å². The van der Waals surface area contributed by atoms with Crippen LogP contribution in [0.15, 0.2) is 11.7 Å². The van der Waals surface area contributed by atoms with Crippen LogP contribution in [0.5, 0.6) is 0 Å². The highest BCUT2D eigenvalue weighted by Gasteiger charge is 2.54. The van der Waals surface area contributed by atoms with E-state index in [1.54, 1.807) is 11.3 Å². The molecule has 0 radical (unpaired) electrons. The third kappa shape index (κ3) is 1.48. The van der Waals surface area contributed by atoms with E-state index in [9.17, 15) is 0 Å². The first-order valence-electron chi connectivity index (χ1n) is 5.50. The number of aromatic nitrogens is 1. The summed E-state index contributed by atoms with van der Waals surface area (Å²) in [6.45, 7) is 1.02. The van der Waals surface area contributed by atoms with E-state index in [0.29, 0.717) is 0 Å². The summed E-state index contributed by atoms with van der Waals surface area (Å²) in [5, 5.41) is 3.66. The van der Waals surface area contributed by atoms with E-state index in [2.05, 4.69) is 10.3 Å². The van der Waals surface area contributed by atoms with E-state index >= 15 is 0 Å². The van der Waals surface area contributed by atoms with Gasteiger partial charge in [0.1, 0.15) is 0 Å². The number of hydrogen-bond donors (Lipinski definition) is 1. The lowest BCUT2D eigenvalue weighted by molar-refractivity contribution is 0.469. The Bertz CT molecular complexity index is 301. The van der Waals surface area contributed by atoms with Crippen LogP contribution in [0.2, 0.25) is 0 Å². The van der Waals surface area contributed by atoms with Crippen LogP contribution in [0.25, 0.3) is 0 Å². The molecule has 0 amide bonds. The first-order valence-corrected chi connectivity index (χ1v) is 6.38. The van der Waals surface area contributed by atoms with Crippen molar-refractivity contribution >= 4 is 11.3 Å². The highest BCUT2D eigenvalue weighted by Crippen LogP contribution is 2.57. The fourth-order valence-corrected chi connectivity index (χ4v) is 3.37. The molecule has 2 aliphatic carbocycles. The number of nitrogens with one attached hydrogen (secondary N) is 1. The van der Waals surface area contributed by atoms with Gasteiger partial charge in [0.05, 0.1) is 5.51 Å². The normalized spacial score (nSPS) is 28.4. The summed E-state index contributed by atoms with van der Waals surface area (Å²) >= 11 is 1.75. The maximum atomic E-state index is 4.09. The molecule has 0 bridgehead atoms. The minimum atomic E-state index is 0.727. The molecule has 2 nitrogen and oxygen atoms in total. The molecule has 2 fully saturated rings. The lowest BCUT2D eigenvalue weighted by atomic mass is 10.1. The number of rotatable bonds is 3. The van der Waals surface area contributed by atoms with E-state index in [-0.39, 0.29) is 0 Å². The topological polar surface area (TPSA) is 24.9 Å². The molecule has 3 rings (SSSR count). The fourth-order valence-electron chi connectivity index (χ4n) is 2.82. The monoisotopic (exact) mass is 208 g/mol. The van der Waals surface area contributed by atoms with Crippen molar-refractivity contribution in [3.05, 3.63) is 16.6 Å². The van der Waals surface area contributed by atoms with Gasteiger partial charge >= 0.3 is 0 Å². The summed E-state index contributed by atoms with van der Waals surface area (Å²) in [6.07, 6.45) is 9.24. The Labute approximate surface area is 88.7 Å². The Morgan fingerprint density at radius 1 is 1.50 bits per heavy atom. The third-order valence-electron chi connectivity index (χ3n) is 3.80. The number of nitrogens with zero attached hydrogens (tertiary/aromatic N) is 1. The van der Waals surface area contributed by atoms with Gasteiger partial charge in [0.25, 0.3) is 0 Å². The molecule has 0 saturated heterocycles. The first kappa shape index (κ1) is 8.86. The molecule has 14 heavy (non-hydrogen) atoms. The second kappa shape index (κ2) is 3.31. The van der Waals surface area contributed by atoms with Gasteiger partial charge in [-0.25, -0.2) is 0 Å². The van der Waals surface area contributed by atoms with Gasteiger partial charge in [-0.2, -0.15) is 0 Å². The zero-order valence-corrected chi connectivity index (χ0v) is 9.15. The average molecular weight is 208 g/mol. The number of hydrogen-bond acceptors (Lipinski definition) is 3. The van der Waals surface area contributed by atoms with Crippen LogP contribution < -0.4 is 5.32 Å². The van der Waals surface area contributed by atoms with Crippen LogP contribution in [0.4, 0.5) is 0 Å². The maximum absolute atomic E-state index is 4.09. The Balaban J connectivity index is 1.51. The van der Waals surface area contributed by atoms with Crippen molar-refractivity contribution in [1.29, 1.82) is 0 Å². The van der Waals surface area contributed by atoms with E-state index in [0.717, 1.165) is 18.0 Å². The number of thiazole rings is 1. The fraction of sp³-hybridized carbons (Fsp3) is 0.727. The van der Waals surface area contributed by atoms with Gasteiger partial charge in [-0.3, -0.25) is 4.98 Å². The van der Waals surface area contributed by atoms with Gasteiger partial charge in [0.15, 0.2) is 0 Å². The summed E-state index contributed by atoms with van der Waals surface area (Å²) in [6, 6.07) is 0.812. The van der Waals surface area contributed by atoms with Crippen LogP contribution in [0.3, 0.4) is 0 Å². The molecule has 1 spiro atoms. The van der Waals surface area contributed by atoms with Crippen LogP contribution in [-0.2, 0) is 6.54 Å². The summed E-state index contributed by atoms with van der Waals surface area (Å²) in [7, 11) is 0. The second-order valence-corrected chi connectivity index (χ2v) is 5.65. The third-order valence-corrected chi connectivity index (χ3v) is 4.57. The quantitative estimate of drug-likeness (QED) is 0.825. The predicted molar refractivity (Wildman–Crippen MR) is 58.3 cm³/mol. The molecule has 0 aromatic carbocycles.